The summed E-state index contributed by atoms with van der Waals surface area (Å²) in [6.45, 7) is 9.96. The van der Waals surface area contributed by atoms with E-state index >= 15 is 0 Å². The van der Waals surface area contributed by atoms with Gasteiger partial charge < -0.3 is 4.40 Å². The summed E-state index contributed by atoms with van der Waals surface area (Å²) in [5.74, 6) is 0. The highest BCUT2D eigenvalue weighted by atomic mass is 15.0. The van der Waals surface area contributed by atoms with Gasteiger partial charge in [0, 0.05) is 18.6 Å². The van der Waals surface area contributed by atoms with E-state index in [9.17, 15) is 0 Å². The molecular weight excluding hydrogens is 174 g/mol. The summed E-state index contributed by atoms with van der Waals surface area (Å²) >= 11 is 0. The van der Waals surface area contributed by atoms with Gasteiger partial charge in [0.15, 0.2) is 5.65 Å². The Hall–Kier alpha value is -1.38. The minimum Gasteiger partial charge on any atom is -0.304 e. The van der Waals surface area contributed by atoms with Gasteiger partial charge in [-0.25, -0.2) is 4.98 Å². The topological polar surface area (TPSA) is 30.2 Å². The van der Waals surface area contributed by atoms with Crippen LogP contribution in [0.2, 0.25) is 0 Å². The molecule has 0 spiro atoms. The maximum atomic E-state index is 4.10. The van der Waals surface area contributed by atoms with Gasteiger partial charge in [-0.3, -0.25) is 4.98 Å². The van der Waals surface area contributed by atoms with Crippen LogP contribution in [0.4, 0.5) is 0 Å². The van der Waals surface area contributed by atoms with Crippen molar-refractivity contribution in [3.63, 3.8) is 0 Å². The summed E-state index contributed by atoms with van der Waals surface area (Å²) in [4.78, 5) is 8.16. The van der Waals surface area contributed by atoms with Crippen LogP contribution in [-0.2, 0) is 0 Å². The molecule has 14 heavy (non-hydrogen) atoms. The van der Waals surface area contributed by atoms with Gasteiger partial charge in [0.2, 0.25) is 0 Å². The molecule has 0 unspecified atom stereocenters. The minimum atomic E-state index is 0.894. The zero-order chi connectivity index (χ0) is 11.0. The second kappa shape index (κ2) is 7.06. The molecule has 0 saturated carbocycles. The minimum absolute atomic E-state index is 0.894. The number of hydrogen-bond acceptors (Lipinski definition) is 2. The SMILES string of the molecule is CC.CC.Cc1cn2ccnc2cn1. The fourth-order valence-corrected chi connectivity index (χ4v) is 0.928. The Morgan fingerprint density at radius 2 is 1.71 bits per heavy atom. The first-order chi connectivity index (χ1) is 6.86. The number of nitrogens with zero attached hydrogens (tertiary/aromatic N) is 3. The van der Waals surface area contributed by atoms with E-state index < -0.39 is 0 Å². The summed E-state index contributed by atoms with van der Waals surface area (Å²) in [7, 11) is 0. The summed E-state index contributed by atoms with van der Waals surface area (Å²) in [5.41, 5.74) is 1.90. The molecule has 3 heteroatoms. The third-order valence-corrected chi connectivity index (χ3v) is 1.41. The van der Waals surface area contributed by atoms with Gasteiger partial charge in [0.1, 0.15) is 0 Å². The molecule has 0 fully saturated rings. The summed E-state index contributed by atoms with van der Waals surface area (Å²) < 4.78 is 1.95. The van der Waals surface area contributed by atoms with Crippen molar-refractivity contribution in [2.45, 2.75) is 34.6 Å². The molecule has 0 aromatic carbocycles. The number of imidazole rings is 1. The molecule has 0 aliphatic rings. The number of aryl methyl sites for hydroxylation is 1. The van der Waals surface area contributed by atoms with Crippen LogP contribution in [0.15, 0.2) is 24.8 Å². The van der Waals surface area contributed by atoms with E-state index in [-0.39, 0.29) is 0 Å². The molecular formula is C11H19N3. The second-order valence-electron chi connectivity index (χ2n) is 2.22. The fourth-order valence-electron chi connectivity index (χ4n) is 0.928. The first-order valence-electron chi connectivity index (χ1n) is 5.11. The summed E-state index contributed by atoms with van der Waals surface area (Å²) in [6.07, 6.45) is 7.37. The quantitative estimate of drug-likeness (QED) is 0.643. The second-order valence-corrected chi connectivity index (χ2v) is 2.22. The molecule has 0 saturated heterocycles. The zero-order valence-electron chi connectivity index (χ0n) is 9.65. The van der Waals surface area contributed by atoms with Crippen molar-refractivity contribution in [1.82, 2.24) is 14.4 Å². The highest BCUT2D eigenvalue weighted by Gasteiger charge is 1.91. The Labute approximate surface area is 85.8 Å². The predicted molar refractivity (Wildman–Crippen MR) is 60.4 cm³/mol. The molecule has 0 N–H and O–H groups in total. The Bertz CT molecular complexity index is 352. The van der Waals surface area contributed by atoms with E-state index in [0.717, 1.165) is 11.3 Å². The average molecular weight is 193 g/mol. The maximum absolute atomic E-state index is 4.10. The standard InChI is InChI=1S/C7H7N3.2C2H6/c1-6-5-10-3-2-8-7(10)4-9-6;2*1-2/h2-5H,1H3;2*1-2H3. The van der Waals surface area contributed by atoms with Crippen molar-refractivity contribution in [2.24, 2.45) is 0 Å². The highest BCUT2D eigenvalue weighted by molar-refractivity contribution is 5.34. The van der Waals surface area contributed by atoms with Crippen molar-refractivity contribution in [3.8, 4) is 0 Å². The van der Waals surface area contributed by atoms with Crippen LogP contribution >= 0.6 is 0 Å². The largest absolute Gasteiger partial charge is 0.304 e. The molecule has 2 aromatic heterocycles. The molecule has 0 bridgehead atoms. The van der Waals surface area contributed by atoms with Gasteiger partial charge >= 0.3 is 0 Å². The maximum Gasteiger partial charge on any atom is 0.155 e. The highest BCUT2D eigenvalue weighted by Crippen LogP contribution is 1.98. The number of rotatable bonds is 0. The normalized spacial score (nSPS) is 8.36. The molecule has 0 aliphatic carbocycles. The number of fused-ring (bicyclic) bond motifs is 1. The lowest BCUT2D eigenvalue weighted by molar-refractivity contribution is 1.07. The van der Waals surface area contributed by atoms with Crippen LogP contribution in [0.3, 0.4) is 0 Å². The van der Waals surface area contributed by atoms with Gasteiger partial charge in [0.25, 0.3) is 0 Å². The first-order valence-corrected chi connectivity index (χ1v) is 5.11. The van der Waals surface area contributed by atoms with Crippen LogP contribution < -0.4 is 0 Å². The molecule has 78 valence electrons. The zero-order valence-corrected chi connectivity index (χ0v) is 9.65. The number of aromatic nitrogens is 3. The van der Waals surface area contributed by atoms with Crippen LogP contribution in [0.5, 0.6) is 0 Å². The molecule has 0 amide bonds. The van der Waals surface area contributed by atoms with E-state index in [0.29, 0.717) is 0 Å². The van der Waals surface area contributed by atoms with Gasteiger partial charge in [-0.15, -0.1) is 0 Å². The molecule has 0 atom stereocenters. The van der Waals surface area contributed by atoms with Gasteiger partial charge in [0.05, 0.1) is 11.9 Å². The Morgan fingerprint density at radius 3 is 2.36 bits per heavy atom. The van der Waals surface area contributed by atoms with Crippen LogP contribution in [-0.4, -0.2) is 14.4 Å². The van der Waals surface area contributed by atoms with Crippen molar-refractivity contribution in [1.29, 1.82) is 0 Å². The Morgan fingerprint density at radius 1 is 1.07 bits per heavy atom. The number of hydrogen-bond donors (Lipinski definition) is 0. The van der Waals surface area contributed by atoms with E-state index in [1.165, 1.54) is 0 Å². The lowest BCUT2D eigenvalue weighted by atomic mass is 10.5. The van der Waals surface area contributed by atoms with E-state index in [2.05, 4.69) is 9.97 Å². The molecule has 0 radical (unpaired) electrons. The smallest absolute Gasteiger partial charge is 0.155 e. The van der Waals surface area contributed by atoms with Crippen molar-refractivity contribution < 1.29 is 0 Å². The summed E-state index contributed by atoms with van der Waals surface area (Å²) in [6, 6.07) is 0. The molecule has 0 aliphatic heterocycles. The monoisotopic (exact) mass is 193 g/mol. The Balaban J connectivity index is 0.000000379. The fraction of sp³-hybridized carbons (Fsp3) is 0.455. The third kappa shape index (κ3) is 3.17. The molecule has 2 rings (SSSR count). The van der Waals surface area contributed by atoms with Gasteiger partial charge in [-0.1, -0.05) is 27.7 Å². The van der Waals surface area contributed by atoms with E-state index in [1.807, 2.05) is 51.4 Å². The van der Waals surface area contributed by atoms with Gasteiger partial charge in [-0.2, -0.15) is 0 Å². The summed E-state index contributed by atoms with van der Waals surface area (Å²) in [5, 5.41) is 0. The van der Waals surface area contributed by atoms with Crippen molar-refractivity contribution in [2.75, 3.05) is 0 Å². The van der Waals surface area contributed by atoms with E-state index in [1.54, 1.807) is 12.4 Å². The van der Waals surface area contributed by atoms with Crippen LogP contribution in [0.25, 0.3) is 5.65 Å². The lowest BCUT2D eigenvalue weighted by Crippen LogP contribution is -1.87. The molecule has 3 nitrogen and oxygen atoms in total. The lowest BCUT2D eigenvalue weighted by Gasteiger charge is -1.92. The molecule has 2 aromatic rings. The van der Waals surface area contributed by atoms with Crippen molar-refractivity contribution >= 4 is 5.65 Å². The third-order valence-electron chi connectivity index (χ3n) is 1.41. The van der Waals surface area contributed by atoms with Gasteiger partial charge in [-0.05, 0) is 6.92 Å². The average Bonchev–Trinajstić information content (AvgIpc) is 2.71. The Kier molecular flexibility index (Phi) is 6.37. The van der Waals surface area contributed by atoms with Crippen LogP contribution in [0.1, 0.15) is 33.4 Å². The van der Waals surface area contributed by atoms with Crippen molar-refractivity contribution in [3.05, 3.63) is 30.5 Å². The predicted octanol–water partition coefficient (Wildman–Crippen LogP) is 3.09. The first kappa shape index (κ1) is 12.6. The van der Waals surface area contributed by atoms with E-state index in [4.69, 9.17) is 0 Å². The molecule has 2 heterocycles. The van der Waals surface area contributed by atoms with Crippen LogP contribution in [0, 0.1) is 6.92 Å².